The number of rotatable bonds is 1. The van der Waals surface area contributed by atoms with Crippen LogP contribution in [0.25, 0.3) is 0 Å². The maximum absolute atomic E-state index is 12.3. The van der Waals surface area contributed by atoms with Gasteiger partial charge in [-0.15, -0.1) is 0 Å². The number of hydrogen-bond acceptors (Lipinski definition) is 2. The number of amides is 2. The zero-order valence-electron chi connectivity index (χ0n) is 10.5. The molecule has 0 radical (unpaired) electrons. The topological polar surface area (TPSA) is 60.9 Å². The molecule has 1 aliphatic carbocycles. The van der Waals surface area contributed by atoms with Gasteiger partial charge in [0.05, 0.1) is 5.92 Å². The van der Waals surface area contributed by atoms with Gasteiger partial charge in [0.15, 0.2) is 0 Å². The van der Waals surface area contributed by atoms with Gasteiger partial charge in [-0.25, -0.2) is 4.79 Å². The first-order chi connectivity index (χ1) is 8.65. The third-order valence-corrected chi connectivity index (χ3v) is 4.80. The smallest absolute Gasteiger partial charge is 0.320 e. The van der Waals surface area contributed by atoms with Crippen molar-refractivity contribution in [3.8, 4) is 0 Å². The predicted molar refractivity (Wildman–Crippen MR) is 65.1 cm³/mol. The van der Waals surface area contributed by atoms with Crippen LogP contribution in [0.5, 0.6) is 0 Å². The van der Waals surface area contributed by atoms with Crippen molar-refractivity contribution in [1.82, 2.24) is 9.80 Å². The Morgan fingerprint density at radius 3 is 2.17 bits per heavy atom. The largest absolute Gasteiger partial charge is 0.481 e. The predicted octanol–water partition coefficient (Wildman–Crippen LogP) is 1.24. The van der Waals surface area contributed by atoms with E-state index in [-0.39, 0.29) is 11.9 Å². The molecule has 0 aromatic heterocycles. The van der Waals surface area contributed by atoms with Gasteiger partial charge in [0.1, 0.15) is 0 Å². The molecular formula is C13H20N2O3. The monoisotopic (exact) mass is 252 g/mol. The van der Waals surface area contributed by atoms with Gasteiger partial charge < -0.3 is 14.9 Å². The molecule has 3 unspecified atom stereocenters. The van der Waals surface area contributed by atoms with E-state index >= 15 is 0 Å². The number of aliphatic carboxylic acids is 1. The molecule has 0 aromatic carbocycles. The average molecular weight is 252 g/mol. The summed E-state index contributed by atoms with van der Waals surface area (Å²) < 4.78 is 0. The summed E-state index contributed by atoms with van der Waals surface area (Å²) in [7, 11) is 0. The second kappa shape index (κ2) is 4.44. The van der Waals surface area contributed by atoms with Crippen LogP contribution in [0.2, 0.25) is 0 Å². The normalized spacial score (nSPS) is 35.0. The summed E-state index contributed by atoms with van der Waals surface area (Å²) in [4.78, 5) is 26.9. The van der Waals surface area contributed by atoms with Crippen LogP contribution >= 0.6 is 0 Å². The number of carbonyl (C=O) groups is 2. The van der Waals surface area contributed by atoms with E-state index in [4.69, 9.17) is 5.11 Å². The number of carbonyl (C=O) groups excluding carboxylic acids is 1. The summed E-state index contributed by atoms with van der Waals surface area (Å²) in [5.74, 6) is 0.262. The molecule has 3 atom stereocenters. The number of fused-ring (bicyclic) bond motifs is 1. The van der Waals surface area contributed by atoms with E-state index in [1.807, 2.05) is 4.90 Å². The van der Waals surface area contributed by atoms with E-state index in [9.17, 15) is 9.59 Å². The van der Waals surface area contributed by atoms with Crippen LogP contribution in [-0.2, 0) is 4.79 Å². The molecule has 2 heterocycles. The molecule has 100 valence electrons. The van der Waals surface area contributed by atoms with Crippen molar-refractivity contribution in [2.24, 2.45) is 17.8 Å². The van der Waals surface area contributed by atoms with Crippen molar-refractivity contribution in [3.05, 3.63) is 0 Å². The third-order valence-electron chi connectivity index (χ3n) is 4.80. The molecule has 1 saturated carbocycles. The molecule has 2 saturated heterocycles. The van der Waals surface area contributed by atoms with E-state index in [1.165, 1.54) is 19.3 Å². The number of carboxylic acids is 1. The molecule has 5 heteroatoms. The summed E-state index contributed by atoms with van der Waals surface area (Å²) in [6.45, 7) is 2.76. The highest BCUT2D eigenvalue weighted by molar-refractivity contribution is 5.77. The zero-order chi connectivity index (χ0) is 12.7. The highest BCUT2D eigenvalue weighted by atomic mass is 16.4. The average Bonchev–Trinajstić information content (AvgIpc) is 3.02. The molecule has 3 aliphatic rings. The quantitative estimate of drug-likeness (QED) is 0.764. The summed E-state index contributed by atoms with van der Waals surface area (Å²) in [5, 5.41) is 8.96. The fourth-order valence-corrected chi connectivity index (χ4v) is 3.73. The molecule has 3 fully saturated rings. The van der Waals surface area contributed by atoms with Crippen molar-refractivity contribution in [3.63, 3.8) is 0 Å². The summed E-state index contributed by atoms with van der Waals surface area (Å²) in [5.41, 5.74) is 0. The molecular weight excluding hydrogens is 232 g/mol. The van der Waals surface area contributed by atoms with Crippen LogP contribution < -0.4 is 0 Å². The van der Waals surface area contributed by atoms with Gasteiger partial charge >= 0.3 is 12.0 Å². The Bertz CT molecular complexity index is 359. The third kappa shape index (κ3) is 1.95. The second-order valence-electron chi connectivity index (χ2n) is 5.91. The van der Waals surface area contributed by atoms with E-state index in [0.29, 0.717) is 31.3 Å². The fourth-order valence-electron chi connectivity index (χ4n) is 3.73. The van der Waals surface area contributed by atoms with Crippen molar-refractivity contribution < 1.29 is 14.7 Å². The highest BCUT2D eigenvalue weighted by Gasteiger charge is 2.41. The molecule has 0 bridgehead atoms. The summed E-state index contributed by atoms with van der Waals surface area (Å²) in [6.07, 6.45) is 4.42. The Labute approximate surface area is 107 Å². The lowest BCUT2D eigenvalue weighted by Crippen LogP contribution is -2.41. The maximum atomic E-state index is 12.3. The van der Waals surface area contributed by atoms with E-state index in [2.05, 4.69) is 0 Å². The van der Waals surface area contributed by atoms with Gasteiger partial charge in [0, 0.05) is 26.2 Å². The molecule has 0 aromatic rings. The molecule has 2 aliphatic heterocycles. The zero-order valence-corrected chi connectivity index (χ0v) is 10.5. The van der Waals surface area contributed by atoms with Crippen molar-refractivity contribution in [2.75, 3.05) is 26.2 Å². The molecule has 18 heavy (non-hydrogen) atoms. The van der Waals surface area contributed by atoms with E-state index in [1.54, 1.807) is 4.90 Å². The molecule has 1 N–H and O–H groups in total. The van der Waals surface area contributed by atoms with Gasteiger partial charge in [-0.05, 0) is 31.1 Å². The van der Waals surface area contributed by atoms with Crippen LogP contribution in [0, 0.1) is 17.8 Å². The molecule has 3 rings (SSSR count). The first-order valence-corrected chi connectivity index (χ1v) is 6.92. The van der Waals surface area contributed by atoms with Gasteiger partial charge in [0.25, 0.3) is 0 Å². The first-order valence-electron chi connectivity index (χ1n) is 6.92. The minimum absolute atomic E-state index is 0.0631. The first kappa shape index (κ1) is 11.8. The van der Waals surface area contributed by atoms with Crippen LogP contribution in [0.15, 0.2) is 0 Å². The number of hydrogen-bond donors (Lipinski definition) is 1. The van der Waals surface area contributed by atoms with Crippen LogP contribution in [0.3, 0.4) is 0 Å². The highest BCUT2D eigenvalue weighted by Crippen LogP contribution is 2.38. The lowest BCUT2D eigenvalue weighted by atomic mass is 10.0. The minimum atomic E-state index is -0.774. The van der Waals surface area contributed by atoms with E-state index in [0.717, 1.165) is 13.1 Å². The molecule has 2 amide bonds. The van der Waals surface area contributed by atoms with Gasteiger partial charge in [-0.2, -0.15) is 0 Å². The van der Waals surface area contributed by atoms with Crippen LogP contribution in [0.4, 0.5) is 4.79 Å². The van der Waals surface area contributed by atoms with Crippen LogP contribution in [-0.4, -0.2) is 53.1 Å². The Morgan fingerprint density at radius 1 is 0.944 bits per heavy atom. The molecule has 0 spiro atoms. The fraction of sp³-hybridized carbons (Fsp3) is 0.846. The van der Waals surface area contributed by atoms with Gasteiger partial charge in [-0.1, -0.05) is 6.42 Å². The van der Waals surface area contributed by atoms with Crippen LogP contribution in [0.1, 0.15) is 25.7 Å². The summed E-state index contributed by atoms with van der Waals surface area (Å²) >= 11 is 0. The Kier molecular flexibility index (Phi) is 2.92. The van der Waals surface area contributed by atoms with Crippen molar-refractivity contribution in [1.29, 1.82) is 0 Å². The molecule has 5 nitrogen and oxygen atoms in total. The SMILES string of the molecule is O=C(O)C1CCN(C(=O)N2CC3CCCC3C2)C1. The number of likely N-dealkylation sites (tertiary alicyclic amines) is 2. The second-order valence-corrected chi connectivity index (χ2v) is 5.91. The van der Waals surface area contributed by atoms with E-state index < -0.39 is 5.97 Å². The standard InChI is InChI=1S/C13H20N2O3/c16-12(17)11-4-5-14(8-11)13(18)15-6-9-2-1-3-10(9)7-15/h9-11H,1-8H2,(H,16,17). The van der Waals surface area contributed by atoms with Crippen molar-refractivity contribution >= 4 is 12.0 Å². The minimum Gasteiger partial charge on any atom is -0.481 e. The van der Waals surface area contributed by atoms with Gasteiger partial charge in [-0.3, -0.25) is 4.79 Å². The Hall–Kier alpha value is -1.26. The number of carboxylic acid groups (broad SMARTS) is 1. The van der Waals surface area contributed by atoms with Crippen molar-refractivity contribution in [2.45, 2.75) is 25.7 Å². The Balaban J connectivity index is 1.58. The Morgan fingerprint density at radius 2 is 1.61 bits per heavy atom. The number of urea groups is 1. The summed E-state index contributed by atoms with van der Waals surface area (Å²) in [6, 6.07) is 0.0631. The maximum Gasteiger partial charge on any atom is 0.320 e. The lowest BCUT2D eigenvalue weighted by molar-refractivity contribution is -0.141. The number of nitrogens with zero attached hydrogens (tertiary/aromatic N) is 2. The van der Waals surface area contributed by atoms with Gasteiger partial charge in [0.2, 0.25) is 0 Å². The lowest BCUT2D eigenvalue weighted by Gasteiger charge is -2.24.